The van der Waals surface area contributed by atoms with Crippen molar-refractivity contribution in [2.45, 2.75) is 6.42 Å². The van der Waals surface area contributed by atoms with Crippen molar-refractivity contribution in [2.75, 3.05) is 12.3 Å². The van der Waals surface area contributed by atoms with Crippen molar-refractivity contribution < 1.29 is 9.53 Å². The molecule has 2 N–H and O–H groups in total. The minimum Gasteiger partial charge on any atom is -0.489 e. The number of benzene rings is 1. The molecule has 4 heteroatoms. The molecule has 0 aromatic heterocycles. The number of ether oxygens (including phenoxy) is 1. The predicted molar refractivity (Wildman–Crippen MR) is 61.5 cm³/mol. The molecule has 0 radical (unpaired) electrons. The van der Waals surface area contributed by atoms with Gasteiger partial charge in [-0.1, -0.05) is 15.9 Å². The van der Waals surface area contributed by atoms with Crippen LogP contribution in [-0.2, 0) is 4.74 Å². The highest BCUT2D eigenvalue weighted by Gasteiger charge is 2.19. The van der Waals surface area contributed by atoms with E-state index in [0.29, 0.717) is 23.6 Å². The summed E-state index contributed by atoms with van der Waals surface area (Å²) in [4.78, 5) is 11.9. The summed E-state index contributed by atoms with van der Waals surface area (Å²) in [5.74, 6) is 0.256. The number of hydrogen-bond acceptors (Lipinski definition) is 3. The maximum Gasteiger partial charge on any atom is 0.229 e. The third-order valence-electron chi connectivity index (χ3n) is 2.19. The summed E-state index contributed by atoms with van der Waals surface area (Å²) in [5.41, 5.74) is 6.69. The van der Waals surface area contributed by atoms with Crippen LogP contribution < -0.4 is 5.73 Å². The normalized spacial score (nSPS) is 14.6. The van der Waals surface area contributed by atoms with Gasteiger partial charge in [-0.3, -0.25) is 4.79 Å². The SMILES string of the molecule is Nc1ccc(Br)cc1C(=O)C1=CCCO1. The molecule has 0 bridgehead atoms. The molecule has 0 amide bonds. The summed E-state index contributed by atoms with van der Waals surface area (Å²) in [6.07, 6.45) is 2.58. The van der Waals surface area contributed by atoms with Crippen LogP contribution in [0.3, 0.4) is 0 Å². The molecular weight excluding hydrogens is 258 g/mol. The predicted octanol–water partition coefficient (Wildman–Crippen LogP) is 2.52. The summed E-state index contributed by atoms with van der Waals surface area (Å²) in [6.45, 7) is 0.578. The van der Waals surface area contributed by atoms with Gasteiger partial charge in [0.25, 0.3) is 0 Å². The second-order valence-electron chi connectivity index (χ2n) is 3.27. The Balaban J connectivity index is 2.36. The van der Waals surface area contributed by atoms with E-state index in [1.165, 1.54) is 0 Å². The largest absolute Gasteiger partial charge is 0.489 e. The summed E-state index contributed by atoms with van der Waals surface area (Å²) < 4.78 is 6.04. The van der Waals surface area contributed by atoms with E-state index < -0.39 is 0 Å². The number of allylic oxidation sites excluding steroid dienone is 1. The van der Waals surface area contributed by atoms with Crippen molar-refractivity contribution in [3.63, 3.8) is 0 Å². The molecule has 0 fully saturated rings. The molecule has 3 nitrogen and oxygen atoms in total. The fourth-order valence-corrected chi connectivity index (χ4v) is 1.80. The number of nitrogens with two attached hydrogens (primary N) is 1. The molecule has 15 heavy (non-hydrogen) atoms. The van der Waals surface area contributed by atoms with E-state index in [1.54, 1.807) is 24.3 Å². The molecule has 0 aliphatic carbocycles. The number of halogens is 1. The minimum absolute atomic E-state index is 0.147. The van der Waals surface area contributed by atoms with Gasteiger partial charge in [-0.25, -0.2) is 0 Å². The highest BCUT2D eigenvalue weighted by atomic mass is 79.9. The van der Waals surface area contributed by atoms with Gasteiger partial charge in [0, 0.05) is 22.1 Å². The summed E-state index contributed by atoms with van der Waals surface area (Å²) in [6, 6.07) is 5.21. The average Bonchev–Trinajstić information content (AvgIpc) is 2.74. The van der Waals surface area contributed by atoms with E-state index in [4.69, 9.17) is 10.5 Å². The van der Waals surface area contributed by atoms with Gasteiger partial charge in [-0.2, -0.15) is 0 Å². The zero-order valence-corrected chi connectivity index (χ0v) is 9.58. The fourth-order valence-electron chi connectivity index (χ4n) is 1.43. The quantitative estimate of drug-likeness (QED) is 0.662. The van der Waals surface area contributed by atoms with Gasteiger partial charge in [0.2, 0.25) is 5.78 Å². The molecule has 1 aromatic carbocycles. The number of ketones is 1. The minimum atomic E-state index is -0.147. The van der Waals surface area contributed by atoms with E-state index >= 15 is 0 Å². The molecule has 0 unspecified atom stereocenters. The van der Waals surface area contributed by atoms with Crippen LogP contribution in [0.5, 0.6) is 0 Å². The molecule has 1 heterocycles. The first-order chi connectivity index (χ1) is 7.18. The average molecular weight is 268 g/mol. The Morgan fingerprint density at radius 1 is 1.47 bits per heavy atom. The fraction of sp³-hybridized carbons (Fsp3) is 0.182. The smallest absolute Gasteiger partial charge is 0.229 e. The molecule has 1 aromatic rings. The van der Waals surface area contributed by atoms with Crippen LogP contribution in [0.25, 0.3) is 0 Å². The zero-order valence-electron chi connectivity index (χ0n) is 8.00. The first-order valence-electron chi connectivity index (χ1n) is 4.61. The van der Waals surface area contributed by atoms with Crippen molar-refractivity contribution >= 4 is 27.4 Å². The molecule has 0 atom stereocenters. The third kappa shape index (κ3) is 2.04. The van der Waals surface area contributed by atoms with Gasteiger partial charge >= 0.3 is 0 Å². The molecular formula is C11H10BrNO2. The third-order valence-corrected chi connectivity index (χ3v) is 2.68. The molecule has 0 saturated carbocycles. The van der Waals surface area contributed by atoms with Crippen LogP contribution in [0.2, 0.25) is 0 Å². The van der Waals surface area contributed by atoms with E-state index in [-0.39, 0.29) is 5.78 Å². The van der Waals surface area contributed by atoms with Crippen molar-refractivity contribution in [3.8, 4) is 0 Å². The zero-order chi connectivity index (χ0) is 10.8. The van der Waals surface area contributed by atoms with Crippen molar-refractivity contribution in [1.82, 2.24) is 0 Å². The van der Waals surface area contributed by atoms with E-state index in [2.05, 4.69) is 15.9 Å². The summed E-state index contributed by atoms with van der Waals surface area (Å²) in [5, 5.41) is 0. The number of anilines is 1. The second kappa shape index (κ2) is 4.06. The van der Waals surface area contributed by atoms with Crippen LogP contribution in [0.1, 0.15) is 16.8 Å². The Morgan fingerprint density at radius 2 is 2.27 bits per heavy atom. The van der Waals surface area contributed by atoms with Crippen molar-refractivity contribution in [3.05, 3.63) is 40.1 Å². The number of carbonyl (C=O) groups excluding carboxylic acids is 1. The Bertz CT molecular complexity index is 440. The second-order valence-corrected chi connectivity index (χ2v) is 4.18. The lowest BCUT2D eigenvalue weighted by atomic mass is 10.1. The summed E-state index contributed by atoms with van der Waals surface area (Å²) in [7, 11) is 0. The lowest BCUT2D eigenvalue weighted by Gasteiger charge is -2.06. The van der Waals surface area contributed by atoms with E-state index in [9.17, 15) is 4.79 Å². The van der Waals surface area contributed by atoms with Crippen molar-refractivity contribution in [1.29, 1.82) is 0 Å². The molecule has 0 saturated heterocycles. The Kier molecular flexibility index (Phi) is 2.77. The van der Waals surface area contributed by atoms with Crippen LogP contribution in [0.4, 0.5) is 5.69 Å². The van der Waals surface area contributed by atoms with Gasteiger partial charge < -0.3 is 10.5 Å². The Hall–Kier alpha value is -1.29. The van der Waals surface area contributed by atoms with Gasteiger partial charge in [0.15, 0.2) is 5.76 Å². The summed E-state index contributed by atoms with van der Waals surface area (Å²) >= 11 is 3.31. The van der Waals surface area contributed by atoms with E-state index in [0.717, 1.165) is 10.9 Å². The highest BCUT2D eigenvalue weighted by molar-refractivity contribution is 9.10. The topological polar surface area (TPSA) is 52.3 Å². The highest BCUT2D eigenvalue weighted by Crippen LogP contribution is 2.23. The molecule has 1 aliphatic heterocycles. The Labute approximate surface area is 96.0 Å². The van der Waals surface area contributed by atoms with Crippen LogP contribution >= 0.6 is 15.9 Å². The molecule has 78 valence electrons. The van der Waals surface area contributed by atoms with Crippen LogP contribution in [-0.4, -0.2) is 12.4 Å². The molecule has 2 rings (SSSR count). The standard InChI is InChI=1S/C11H10BrNO2/c12-7-3-4-9(13)8(6-7)11(14)10-2-1-5-15-10/h2-4,6H,1,5,13H2. The number of rotatable bonds is 2. The first-order valence-corrected chi connectivity index (χ1v) is 5.40. The maximum atomic E-state index is 11.9. The number of Topliss-reactive ketones (excluding diaryl/α,β-unsaturated/α-hetero) is 1. The van der Waals surface area contributed by atoms with Gasteiger partial charge in [-0.05, 0) is 24.3 Å². The van der Waals surface area contributed by atoms with Crippen LogP contribution in [0, 0.1) is 0 Å². The lowest BCUT2D eigenvalue weighted by Crippen LogP contribution is -2.07. The van der Waals surface area contributed by atoms with Crippen LogP contribution in [0.15, 0.2) is 34.5 Å². The van der Waals surface area contributed by atoms with Gasteiger partial charge in [0.05, 0.1) is 6.61 Å². The Morgan fingerprint density at radius 3 is 2.93 bits per heavy atom. The maximum absolute atomic E-state index is 11.9. The van der Waals surface area contributed by atoms with E-state index in [1.807, 2.05) is 0 Å². The van der Waals surface area contributed by atoms with Gasteiger partial charge in [0.1, 0.15) is 0 Å². The first kappa shape index (κ1) is 10.2. The number of hydrogen-bond donors (Lipinski definition) is 1. The molecule has 0 spiro atoms. The number of carbonyl (C=O) groups is 1. The molecule has 1 aliphatic rings. The van der Waals surface area contributed by atoms with Crippen molar-refractivity contribution in [2.24, 2.45) is 0 Å². The monoisotopic (exact) mass is 267 g/mol. The van der Waals surface area contributed by atoms with Gasteiger partial charge in [-0.15, -0.1) is 0 Å². The lowest BCUT2D eigenvalue weighted by molar-refractivity contribution is 0.0943. The number of nitrogen functional groups attached to an aromatic ring is 1.